The lowest BCUT2D eigenvalue weighted by Gasteiger charge is -2.14. The maximum absolute atomic E-state index is 6.29. The maximum Gasteiger partial charge on any atom is 0.0592 e. The lowest BCUT2D eigenvalue weighted by atomic mass is 10.0. The number of fused-ring (bicyclic) bond motifs is 1. The van der Waals surface area contributed by atoms with Crippen LogP contribution in [0.3, 0.4) is 0 Å². The van der Waals surface area contributed by atoms with Gasteiger partial charge in [-0.25, -0.2) is 0 Å². The average molecular weight is 292 g/mol. The SMILES string of the molecule is CCCNC1CCc2c(-c3sccc3Cl)cccc21. The molecule has 0 aliphatic heterocycles. The van der Waals surface area contributed by atoms with Crippen molar-refractivity contribution in [3.8, 4) is 10.4 Å². The van der Waals surface area contributed by atoms with E-state index >= 15 is 0 Å². The molecule has 3 heteroatoms. The predicted octanol–water partition coefficient (Wildman–Crippen LogP) is 5.06. The Morgan fingerprint density at radius 2 is 2.26 bits per heavy atom. The van der Waals surface area contributed by atoms with E-state index in [9.17, 15) is 0 Å². The minimum Gasteiger partial charge on any atom is -0.310 e. The summed E-state index contributed by atoms with van der Waals surface area (Å²) in [6.45, 7) is 3.30. The Morgan fingerprint density at radius 1 is 1.37 bits per heavy atom. The van der Waals surface area contributed by atoms with Gasteiger partial charge in [-0.2, -0.15) is 0 Å². The van der Waals surface area contributed by atoms with Crippen LogP contribution in [-0.4, -0.2) is 6.54 Å². The fourth-order valence-corrected chi connectivity index (χ4v) is 4.10. The Balaban J connectivity index is 1.98. The topological polar surface area (TPSA) is 12.0 Å². The third-order valence-corrected chi connectivity index (χ3v) is 5.15. The summed E-state index contributed by atoms with van der Waals surface area (Å²) in [5.74, 6) is 0. The van der Waals surface area contributed by atoms with Crippen LogP contribution in [0.1, 0.15) is 36.9 Å². The predicted molar refractivity (Wildman–Crippen MR) is 84.1 cm³/mol. The van der Waals surface area contributed by atoms with Gasteiger partial charge in [-0.3, -0.25) is 0 Å². The Bertz CT molecular complexity index is 576. The van der Waals surface area contributed by atoms with Crippen molar-refractivity contribution in [2.45, 2.75) is 32.2 Å². The molecular formula is C16H18ClNS. The quantitative estimate of drug-likeness (QED) is 0.830. The van der Waals surface area contributed by atoms with E-state index < -0.39 is 0 Å². The zero-order valence-electron chi connectivity index (χ0n) is 11.1. The van der Waals surface area contributed by atoms with Crippen LogP contribution in [0.25, 0.3) is 10.4 Å². The number of halogens is 1. The monoisotopic (exact) mass is 291 g/mol. The lowest BCUT2D eigenvalue weighted by molar-refractivity contribution is 0.529. The highest BCUT2D eigenvalue weighted by atomic mass is 35.5. The van der Waals surface area contributed by atoms with E-state index in [1.165, 1.54) is 34.4 Å². The molecule has 1 nitrogen and oxygen atoms in total. The van der Waals surface area contributed by atoms with Crippen LogP contribution < -0.4 is 5.32 Å². The van der Waals surface area contributed by atoms with Gasteiger partial charge in [0, 0.05) is 6.04 Å². The Hall–Kier alpha value is -0.830. The van der Waals surface area contributed by atoms with Gasteiger partial charge in [-0.05, 0) is 53.9 Å². The minimum atomic E-state index is 0.522. The number of nitrogens with one attached hydrogen (secondary N) is 1. The van der Waals surface area contributed by atoms with Crippen LogP contribution in [0.5, 0.6) is 0 Å². The first-order valence-corrected chi connectivity index (χ1v) is 8.15. The van der Waals surface area contributed by atoms with Gasteiger partial charge < -0.3 is 5.32 Å². The van der Waals surface area contributed by atoms with Crippen molar-refractivity contribution >= 4 is 22.9 Å². The zero-order chi connectivity index (χ0) is 13.2. The summed E-state index contributed by atoms with van der Waals surface area (Å²) in [6, 6.07) is 9.15. The molecule has 0 bridgehead atoms. The number of rotatable bonds is 4. The molecule has 1 unspecified atom stereocenters. The van der Waals surface area contributed by atoms with E-state index in [2.05, 4.69) is 35.8 Å². The van der Waals surface area contributed by atoms with E-state index in [-0.39, 0.29) is 0 Å². The molecule has 1 atom stereocenters. The Morgan fingerprint density at radius 3 is 3.00 bits per heavy atom. The van der Waals surface area contributed by atoms with Crippen molar-refractivity contribution in [2.75, 3.05) is 6.54 Å². The molecule has 3 rings (SSSR count). The number of benzene rings is 1. The van der Waals surface area contributed by atoms with Gasteiger partial charge >= 0.3 is 0 Å². The lowest BCUT2D eigenvalue weighted by Crippen LogP contribution is -2.19. The third kappa shape index (κ3) is 2.45. The molecule has 1 aromatic carbocycles. The maximum atomic E-state index is 6.29. The van der Waals surface area contributed by atoms with E-state index in [0.29, 0.717) is 6.04 Å². The summed E-state index contributed by atoms with van der Waals surface area (Å²) >= 11 is 8.03. The fraction of sp³-hybridized carbons (Fsp3) is 0.375. The van der Waals surface area contributed by atoms with Crippen LogP contribution in [0.4, 0.5) is 0 Å². The first kappa shape index (κ1) is 13.2. The molecule has 1 aliphatic rings. The fourth-order valence-electron chi connectivity index (χ4n) is 2.88. The van der Waals surface area contributed by atoms with Crippen molar-refractivity contribution in [3.05, 3.63) is 45.8 Å². The zero-order valence-corrected chi connectivity index (χ0v) is 12.7. The van der Waals surface area contributed by atoms with Gasteiger partial charge in [0.05, 0.1) is 9.90 Å². The van der Waals surface area contributed by atoms with E-state index in [0.717, 1.165) is 18.0 Å². The standard InChI is InChI=1S/C16H18ClNS/c1-2-9-18-15-7-6-11-12(15)4-3-5-13(11)16-14(17)8-10-19-16/h3-5,8,10,15,18H,2,6-7,9H2,1H3. The van der Waals surface area contributed by atoms with Crippen molar-refractivity contribution < 1.29 is 0 Å². The normalized spacial score (nSPS) is 17.7. The number of thiophene rings is 1. The van der Waals surface area contributed by atoms with Crippen LogP contribution in [0.2, 0.25) is 5.02 Å². The highest BCUT2D eigenvalue weighted by Crippen LogP contribution is 2.41. The van der Waals surface area contributed by atoms with Crippen LogP contribution in [0, 0.1) is 0 Å². The molecule has 1 heterocycles. The second-order valence-corrected chi connectivity index (χ2v) is 6.34. The average Bonchev–Trinajstić information content (AvgIpc) is 3.02. The van der Waals surface area contributed by atoms with Crippen LogP contribution in [-0.2, 0) is 6.42 Å². The summed E-state index contributed by atoms with van der Waals surface area (Å²) in [7, 11) is 0. The van der Waals surface area contributed by atoms with E-state index in [1.807, 2.05) is 6.07 Å². The summed E-state index contributed by atoms with van der Waals surface area (Å²) in [5.41, 5.74) is 4.29. The molecule has 0 fully saturated rings. The minimum absolute atomic E-state index is 0.522. The molecule has 0 saturated heterocycles. The number of hydrogen-bond donors (Lipinski definition) is 1. The molecule has 2 aromatic rings. The molecule has 0 spiro atoms. The smallest absolute Gasteiger partial charge is 0.0592 e. The molecule has 100 valence electrons. The molecule has 0 radical (unpaired) electrons. The summed E-state index contributed by atoms with van der Waals surface area (Å²) in [5, 5.41) is 6.59. The second kappa shape index (κ2) is 5.66. The Kier molecular flexibility index (Phi) is 3.92. The highest BCUT2D eigenvalue weighted by molar-refractivity contribution is 7.14. The molecule has 19 heavy (non-hydrogen) atoms. The molecule has 0 amide bonds. The van der Waals surface area contributed by atoms with Gasteiger partial charge in [-0.1, -0.05) is 36.7 Å². The van der Waals surface area contributed by atoms with Gasteiger partial charge in [0.1, 0.15) is 0 Å². The molecule has 1 aliphatic carbocycles. The summed E-state index contributed by atoms with van der Waals surface area (Å²) in [4.78, 5) is 1.22. The van der Waals surface area contributed by atoms with Gasteiger partial charge in [-0.15, -0.1) is 11.3 Å². The molecular weight excluding hydrogens is 274 g/mol. The first-order valence-electron chi connectivity index (χ1n) is 6.89. The third-order valence-electron chi connectivity index (χ3n) is 3.77. The largest absolute Gasteiger partial charge is 0.310 e. The molecule has 1 N–H and O–H groups in total. The Labute approximate surface area is 123 Å². The molecule has 1 aromatic heterocycles. The van der Waals surface area contributed by atoms with E-state index in [4.69, 9.17) is 11.6 Å². The van der Waals surface area contributed by atoms with Gasteiger partial charge in [0.25, 0.3) is 0 Å². The van der Waals surface area contributed by atoms with Crippen LogP contribution >= 0.6 is 22.9 Å². The second-order valence-electron chi connectivity index (χ2n) is 5.02. The van der Waals surface area contributed by atoms with Gasteiger partial charge in [0.2, 0.25) is 0 Å². The summed E-state index contributed by atoms with van der Waals surface area (Å²) < 4.78 is 0. The summed E-state index contributed by atoms with van der Waals surface area (Å²) in [6.07, 6.45) is 3.54. The van der Waals surface area contributed by atoms with Crippen LogP contribution in [0.15, 0.2) is 29.6 Å². The van der Waals surface area contributed by atoms with Crippen molar-refractivity contribution in [1.29, 1.82) is 0 Å². The van der Waals surface area contributed by atoms with E-state index in [1.54, 1.807) is 11.3 Å². The van der Waals surface area contributed by atoms with Gasteiger partial charge in [0.15, 0.2) is 0 Å². The van der Waals surface area contributed by atoms with Crippen molar-refractivity contribution in [3.63, 3.8) is 0 Å². The first-order chi connectivity index (χ1) is 9.31. The highest BCUT2D eigenvalue weighted by Gasteiger charge is 2.25. The van der Waals surface area contributed by atoms with Crippen molar-refractivity contribution in [2.24, 2.45) is 0 Å². The number of hydrogen-bond acceptors (Lipinski definition) is 2. The van der Waals surface area contributed by atoms with Crippen molar-refractivity contribution in [1.82, 2.24) is 5.32 Å². The molecule has 0 saturated carbocycles.